The van der Waals surface area contributed by atoms with Gasteiger partial charge >= 0.3 is 6.09 Å². The van der Waals surface area contributed by atoms with Gasteiger partial charge in [-0.1, -0.05) is 12.1 Å². The van der Waals surface area contributed by atoms with Crippen LogP contribution in [0.5, 0.6) is 0 Å². The Labute approximate surface area is 164 Å². The molecule has 0 unspecified atom stereocenters. The molecular formula is C21H26N4O3. The molecule has 0 saturated heterocycles. The quantitative estimate of drug-likeness (QED) is 0.869. The lowest BCUT2D eigenvalue weighted by atomic mass is 10.1. The van der Waals surface area contributed by atoms with Crippen molar-refractivity contribution in [3.8, 4) is 11.3 Å². The number of aromatic nitrogens is 2. The van der Waals surface area contributed by atoms with E-state index in [0.29, 0.717) is 5.69 Å². The molecule has 28 heavy (non-hydrogen) atoms. The van der Waals surface area contributed by atoms with Gasteiger partial charge in [0.25, 0.3) is 0 Å². The molecule has 1 N–H and O–H groups in total. The lowest BCUT2D eigenvalue weighted by Gasteiger charge is -2.27. The third-order valence-corrected chi connectivity index (χ3v) is 4.77. The average Bonchev–Trinajstić information content (AvgIpc) is 3.37. The number of carbonyl (C=O) groups is 2. The molecular weight excluding hydrogens is 356 g/mol. The smallest absolute Gasteiger partial charge is 0.412 e. The molecule has 4 rings (SSSR count). The number of imidazole rings is 1. The molecule has 2 amide bonds. The fourth-order valence-corrected chi connectivity index (χ4v) is 3.36. The summed E-state index contributed by atoms with van der Waals surface area (Å²) in [5.41, 5.74) is 1.76. The number of rotatable bonds is 3. The molecule has 0 spiro atoms. The van der Waals surface area contributed by atoms with Crippen LogP contribution in [0.25, 0.3) is 11.3 Å². The number of nitrogens with zero attached hydrogens (tertiary/aromatic N) is 3. The standard InChI is InChI=1S/C21H26N4O3/c1-21(2,3)28-20(27)22-16-7-4-6-15(12-16)17-13-24-10-5-11-25(19(24)23-17)18(26)14-8-9-14/h4,6-7,12-14H,5,8-11H2,1-3H3,(H,22,27). The molecule has 0 bridgehead atoms. The van der Waals surface area contributed by atoms with Crippen LogP contribution in [0.1, 0.15) is 40.0 Å². The topological polar surface area (TPSA) is 76.5 Å². The van der Waals surface area contributed by atoms with Crippen LogP contribution in [0, 0.1) is 5.92 Å². The summed E-state index contributed by atoms with van der Waals surface area (Å²) in [4.78, 5) is 31.2. The minimum Gasteiger partial charge on any atom is -0.444 e. The van der Waals surface area contributed by atoms with Crippen molar-refractivity contribution in [2.45, 2.75) is 52.2 Å². The highest BCUT2D eigenvalue weighted by Gasteiger charge is 2.36. The zero-order valence-corrected chi connectivity index (χ0v) is 16.6. The third kappa shape index (κ3) is 4.03. The van der Waals surface area contributed by atoms with Crippen molar-refractivity contribution in [1.29, 1.82) is 0 Å². The van der Waals surface area contributed by atoms with Gasteiger partial charge in [0.05, 0.1) is 5.69 Å². The molecule has 0 atom stereocenters. The summed E-state index contributed by atoms with van der Waals surface area (Å²) in [7, 11) is 0. The summed E-state index contributed by atoms with van der Waals surface area (Å²) in [6.45, 7) is 7.06. The Morgan fingerprint density at radius 1 is 1.21 bits per heavy atom. The van der Waals surface area contributed by atoms with Gasteiger partial charge in [-0.3, -0.25) is 15.0 Å². The normalized spacial score (nSPS) is 16.5. The predicted molar refractivity (Wildman–Crippen MR) is 107 cm³/mol. The molecule has 2 aromatic rings. The molecule has 1 saturated carbocycles. The van der Waals surface area contributed by atoms with Crippen LogP contribution in [0.3, 0.4) is 0 Å². The van der Waals surface area contributed by atoms with Crippen LogP contribution in [0.4, 0.5) is 16.4 Å². The van der Waals surface area contributed by atoms with Crippen LogP contribution < -0.4 is 10.2 Å². The van der Waals surface area contributed by atoms with Gasteiger partial charge in [0.2, 0.25) is 11.9 Å². The number of anilines is 2. The highest BCUT2D eigenvalue weighted by Crippen LogP contribution is 2.35. The minimum absolute atomic E-state index is 0.174. The van der Waals surface area contributed by atoms with E-state index < -0.39 is 11.7 Å². The van der Waals surface area contributed by atoms with Crippen molar-refractivity contribution < 1.29 is 14.3 Å². The number of nitrogens with one attached hydrogen (secondary N) is 1. The molecule has 1 aromatic heterocycles. The van der Waals surface area contributed by atoms with Gasteiger partial charge in [-0.2, -0.15) is 0 Å². The van der Waals surface area contributed by atoms with Crippen LogP contribution in [-0.2, 0) is 16.1 Å². The first kappa shape index (κ1) is 18.5. The lowest BCUT2D eigenvalue weighted by Crippen LogP contribution is -2.38. The Morgan fingerprint density at radius 3 is 2.71 bits per heavy atom. The molecule has 148 valence electrons. The average molecular weight is 382 g/mol. The molecule has 1 aromatic carbocycles. The molecule has 1 aliphatic heterocycles. The van der Waals surface area contributed by atoms with Gasteiger partial charge in [-0.25, -0.2) is 9.78 Å². The van der Waals surface area contributed by atoms with Crippen molar-refractivity contribution in [2.75, 3.05) is 16.8 Å². The first-order valence-corrected chi connectivity index (χ1v) is 9.79. The fourth-order valence-electron chi connectivity index (χ4n) is 3.36. The van der Waals surface area contributed by atoms with Crippen molar-refractivity contribution in [3.63, 3.8) is 0 Å². The number of hydrogen-bond acceptors (Lipinski definition) is 4. The summed E-state index contributed by atoms with van der Waals surface area (Å²) in [6.07, 6.45) is 4.40. The number of aryl methyl sites for hydroxylation is 1. The summed E-state index contributed by atoms with van der Waals surface area (Å²) in [5, 5.41) is 2.76. The Balaban J connectivity index is 1.55. The van der Waals surface area contributed by atoms with E-state index in [0.717, 1.165) is 49.6 Å². The number of hydrogen-bond donors (Lipinski definition) is 1. The van der Waals surface area contributed by atoms with E-state index in [1.807, 2.05) is 60.7 Å². The zero-order valence-electron chi connectivity index (χ0n) is 16.6. The summed E-state index contributed by atoms with van der Waals surface area (Å²) < 4.78 is 7.36. The molecule has 0 radical (unpaired) electrons. The number of carbonyl (C=O) groups excluding carboxylic acids is 2. The first-order chi connectivity index (χ1) is 13.3. The van der Waals surface area contributed by atoms with E-state index in [9.17, 15) is 9.59 Å². The van der Waals surface area contributed by atoms with E-state index in [1.54, 1.807) is 0 Å². The predicted octanol–water partition coefficient (Wildman–Crippen LogP) is 4.04. The van der Waals surface area contributed by atoms with Crippen LogP contribution in [0.15, 0.2) is 30.5 Å². The maximum atomic E-state index is 12.6. The monoisotopic (exact) mass is 382 g/mol. The molecule has 2 heterocycles. The fraction of sp³-hybridized carbons (Fsp3) is 0.476. The number of ether oxygens (including phenoxy) is 1. The van der Waals surface area contributed by atoms with Gasteiger partial charge in [0, 0.05) is 36.5 Å². The van der Waals surface area contributed by atoms with Gasteiger partial charge in [0.15, 0.2) is 0 Å². The van der Waals surface area contributed by atoms with Crippen LogP contribution in [0.2, 0.25) is 0 Å². The van der Waals surface area contributed by atoms with E-state index in [-0.39, 0.29) is 11.8 Å². The van der Waals surface area contributed by atoms with E-state index in [4.69, 9.17) is 9.72 Å². The Bertz CT molecular complexity index is 909. The van der Waals surface area contributed by atoms with Gasteiger partial charge < -0.3 is 9.30 Å². The molecule has 7 heteroatoms. The van der Waals surface area contributed by atoms with Crippen molar-refractivity contribution >= 4 is 23.6 Å². The molecule has 7 nitrogen and oxygen atoms in total. The van der Waals surface area contributed by atoms with Gasteiger partial charge in [-0.15, -0.1) is 0 Å². The Hall–Kier alpha value is -2.83. The second kappa shape index (κ2) is 6.96. The molecule has 1 fully saturated rings. The maximum absolute atomic E-state index is 12.6. The highest BCUT2D eigenvalue weighted by atomic mass is 16.6. The number of amides is 2. The van der Waals surface area contributed by atoms with E-state index in [1.165, 1.54) is 0 Å². The summed E-state index contributed by atoms with van der Waals surface area (Å²) in [6, 6.07) is 7.49. The van der Waals surface area contributed by atoms with Crippen molar-refractivity contribution in [1.82, 2.24) is 9.55 Å². The SMILES string of the molecule is CC(C)(C)OC(=O)Nc1cccc(-c2cn3c(n2)N(C(=O)C2CC2)CCC3)c1. The maximum Gasteiger partial charge on any atom is 0.412 e. The van der Waals surface area contributed by atoms with Gasteiger partial charge in [0.1, 0.15) is 5.60 Å². The molecule has 1 aliphatic carbocycles. The van der Waals surface area contributed by atoms with Crippen LogP contribution >= 0.6 is 0 Å². The second-order valence-corrected chi connectivity index (χ2v) is 8.44. The number of fused-ring (bicyclic) bond motifs is 1. The van der Waals surface area contributed by atoms with Gasteiger partial charge in [-0.05, 0) is 52.2 Å². The number of benzene rings is 1. The minimum atomic E-state index is -0.553. The Kier molecular flexibility index (Phi) is 4.61. The highest BCUT2D eigenvalue weighted by molar-refractivity contribution is 5.95. The summed E-state index contributed by atoms with van der Waals surface area (Å²) in [5.74, 6) is 1.09. The first-order valence-electron chi connectivity index (χ1n) is 9.79. The van der Waals surface area contributed by atoms with Crippen molar-refractivity contribution in [3.05, 3.63) is 30.5 Å². The second-order valence-electron chi connectivity index (χ2n) is 8.44. The Morgan fingerprint density at radius 2 is 2.00 bits per heavy atom. The van der Waals surface area contributed by atoms with E-state index >= 15 is 0 Å². The van der Waals surface area contributed by atoms with Crippen molar-refractivity contribution in [2.24, 2.45) is 5.92 Å². The van der Waals surface area contributed by atoms with E-state index in [2.05, 4.69) is 5.32 Å². The summed E-state index contributed by atoms with van der Waals surface area (Å²) >= 11 is 0. The zero-order chi connectivity index (χ0) is 19.9. The largest absolute Gasteiger partial charge is 0.444 e. The lowest BCUT2D eigenvalue weighted by molar-refractivity contribution is -0.120. The van der Waals surface area contributed by atoms with Crippen LogP contribution in [-0.4, -0.2) is 33.7 Å². The third-order valence-electron chi connectivity index (χ3n) is 4.77. The molecule has 2 aliphatic rings.